The predicted molar refractivity (Wildman–Crippen MR) is 94.2 cm³/mol. The number of piperidine rings is 1. The van der Waals surface area contributed by atoms with Crippen molar-refractivity contribution >= 4 is 10.0 Å². The molecule has 1 fully saturated rings. The fraction of sp³-hybridized carbons (Fsp3) is 0.765. The first-order valence-corrected chi connectivity index (χ1v) is 10.5. The van der Waals surface area contributed by atoms with Gasteiger partial charge in [0.1, 0.15) is 11.5 Å². The molecule has 2 heterocycles. The average molecular weight is 359 g/mol. The summed E-state index contributed by atoms with van der Waals surface area (Å²) in [5.74, 6) is 1.59. The number of nitrogens with zero attached hydrogens (tertiary/aromatic N) is 2. The molecule has 1 saturated heterocycles. The van der Waals surface area contributed by atoms with Crippen molar-refractivity contribution in [1.82, 2.24) is 9.21 Å². The lowest BCUT2D eigenvalue weighted by molar-refractivity contribution is 0.109. The Bertz CT molecular complexity index is 599. The molecule has 1 aliphatic rings. The smallest absolute Gasteiger partial charge is 0.211 e. The predicted octanol–water partition coefficient (Wildman–Crippen LogP) is 2.45. The van der Waals surface area contributed by atoms with Gasteiger partial charge in [-0.05, 0) is 44.4 Å². The number of furan rings is 1. The fourth-order valence-electron chi connectivity index (χ4n) is 3.19. The average Bonchev–Trinajstić information content (AvgIpc) is 2.95. The van der Waals surface area contributed by atoms with Crippen LogP contribution in [0.4, 0.5) is 0 Å². The minimum absolute atomic E-state index is 0.274. The quantitative estimate of drug-likeness (QED) is 0.635. The first kappa shape index (κ1) is 19.4. The van der Waals surface area contributed by atoms with Crippen LogP contribution in [0.5, 0.6) is 0 Å². The molecule has 1 aromatic heterocycles. The normalized spacial score (nSPS) is 19.9. The number of ether oxygens (including phenoxy) is 1. The van der Waals surface area contributed by atoms with E-state index >= 15 is 0 Å². The van der Waals surface area contributed by atoms with Crippen LogP contribution in [0, 0.1) is 0 Å². The highest BCUT2D eigenvalue weighted by molar-refractivity contribution is 7.88. The summed E-state index contributed by atoms with van der Waals surface area (Å²) in [6.45, 7) is 2.97. The maximum absolute atomic E-state index is 11.5. The lowest BCUT2D eigenvalue weighted by Gasteiger charge is -2.35. The number of methoxy groups -OCH3 is 1. The minimum Gasteiger partial charge on any atom is -0.463 e. The zero-order valence-electron chi connectivity index (χ0n) is 15.0. The van der Waals surface area contributed by atoms with E-state index in [9.17, 15) is 8.42 Å². The molecule has 6 nitrogen and oxygen atoms in total. The van der Waals surface area contributed by atoms with Crippen LogP contribution in [0.2, 0.25) is 0 Å². The Kier molecular flexibility index (Phi) is 7.28. The van der Waals surface area contributed by atoms with Crippen LogP contribution < -0.4 is 0 Å². The van der Waals surface area contributed by atoms with Crippen LogP contribution in [0.15, 0.2) is 16.5 Å². The first-order chi connectivity index (χ1) is 11.4. The standard InChI is InChI=1S/C17H30N2O4S/c1-18(24(3,20)21)13-16-9-10-17(23-16)14-19-11-5-4-7-15(19)8-6-12-22-2/h9-10,15H,4-8,11-14H2,1-3H3/t15-/m0/s1. The highest BCUT2D eigenvalue weighted by Gasteiger charge is 2.23. The molecule has 0 bridgehead atoms. The van der Waals surface area contributed by atoms with Crippen molar-refractivity contribution < 1.29 is 17.6 Å². The number of rotatable bonds is 9. The third-order valence-electron chi connectivity index (χ3n) is 4.66. The van der Waals surface area contributed by atoms with Gasteiger partial charge >= 0.3 is 0 Å². The lowest BCUT2D eigenvalue weighted by Crippen LogP contribution is -2.38. The second kappa shape index (κ2) is 8.99. The molecule has 0 N–H and O–H groups in total. The Morgan fingerprint density at radius 3 is 2.79 bits per heavy atom. The van der Waals surface area contributed by atoms with Crippen LogP contribution in [-0.4, -0.2) is 57.2 Å². The van der Waals surface area contributed by atoms with E-state index in [4.69, 9.17) is 9.15 Å². The molecule has 24 heavy (non-hydrogen) atoms. The Balaban J connectivity index is 1.92. The van der Waals surface area contributed by atoms with Gasteiger partial charge in [-0.25, -0.2) is 8.42 Å². The van der Waals surface area contributed by atoms with Gasteiger partial charge in [0.05, 0.1) is 19.3 Å². The second-order valence-electron chi connectivity index (χ2n) is 6.64. The third-order valence-corrected chi connectivity index (χ3v) is 5.92. The molecule has 0 saturated carbocycles. The van der Waals surface area contributed by atoms with Crippen molar-refractivity contribution in [3.8, 4) is 0 Å². The van der Waals surface area contributed by atoms with Gasteiger partial charge in [0, 0.05) is 26.8 Å². The Hall–Kier alpha value is -0.890. The molecule has 1 aliphatic heterocycles. The van der Waals surface area contributed by atoms with Gasteiger partial charge in [0.2, 0.25) is 10.0 Å². The molecule has 0 amide bonds. The molecule has 0 unspecified atom stereocenters. The molecule has 0 aliphatic carbocycles. The van der Waals surface area contributed by atoms with Gasteiger partial charge in [-0.2, -0.15) is 4.31 Å². The molecule has 2 rings (SSSR count). The number of hydrogen-bond donors (Lipinski definition) is 0. The van der Waals surface area contributed by atoms with Crippen LogP contribution in [0.1, 0.15) is 43.6 Å². The maximum Gasteiger partial charge on any atom is 0.211 e. The van der Waals surface area contributed by atoms with Gasteiger partial charge in [-0.1, -0.05) is 6.42 Å². The number of sulfonamides is 1. The summed E-state index contributed by atoms with van der Waals surface area (Å²) in [5.41, 5.74) is 0. The van der Waals surface area contributed by atoms with Gasteiger partial charge in [0.15, 0.2) is 0 Å². The summed E-state index contributed by atoms with van der Waals surface area (Å²) >= 11 is 0. The first-order valence-electron chi connectivity index (χ1n) is 8.62. The van der Waals surface area contributed by atoms with E-state index < -0.39 is 10.0 Å². The molecular formula is C17H30N2O4S. The second-order valence-corrected chi connectivity index (χ2v) is 8.73. The largest absolute Gasteiger partial charge is 0.463 e. The van der Waals surface area contributed by atoms with Crippen molar-refractivity contribution in [3.63, 3.8) is 0 Å². The summed E-state index contributed by atoms with van der Waals surface area (Å²) in [5, 5.41) is 0. The van der Waals surface area contributed by atoms with E-state index in [0.29, 0.717) is 11.8 Å². The van der Waals surface area contributed by atoms with E-state index in [1.165, 1.54) is 29.8 Å². The Labute approximate surface area is 145 Å². The van der Waals surface area contributed by atoms with Crippen LogP contribution >= 0.6 is 0 Å². The molecule has 1 aromatic rings. The monoisotopic (exact) mass is 358 g/mol. The van der Waals surface area contributed by atoms with Gasteiger partial charge in [-0.15, -0.1) is 0 Å². The molecule has 0 radical (unpaired) electrons. The van der Waals surface area contributed by atoms with E-state index in [2.05, 4.69) is 4.90 Å². The molecule has 0 aromatic carbocycles. The van der Waals surface area contributed by atoms with Gasteiger partial charge in [0.25, 0.3) is 0 Å². The van der Waals surface area contributed by atoms with Crippen molar-refractivity contribution in [3.05, 3.63) is 23.7 Å². The topological polar surface area (TPSA) is 63.0 Å². The van der Waals surface area contributed by atoms with E-state index in [-0.39, 0.29) is 6.54 Å². The lowest BCUT2D eigenvalue weighted by atomic mass is 9.98. The molecule has 1 atom stereocenters. The maximum atomic E-state index is 11.5. The van der Waals surface area contributed by atoms with E-state index in [1.807, 2.05) is 12.1 Å². The van der Waals surface area contributed by atoms with Gasteiger partial charge in [-0.3, -0.25) is 4.90 Å². The van der Waals surface area contributed by atoms with Crippen molar-refractivity contribution in [1.29, 1.82) is 0 Å². The highest BCUT2D eigenvalue weighted by atomic mass is 32.2. The van der Waals surface area contributed by atoms with Crippen LogP contribution in [0.3, 0.4) is 0 Å². The van der Waals surface area contributed by atoms with Gasteiger partial charge < -0.3 is 9.15 Å². The summed E-state index contributed by atoms with van der Waals surface area (Å²) < 4.78 is 35.3. The SMILES string of the molecule is COCCC[C@@H]1CCCCN1Cc1ccc(CN(C)S(C)(=O)=O)o1. The molecule has 7 heteroatoms. The minimum atomic E-state index is -3.19. The highest BCUT2D eigenvalue weighted by Crippen LogP contribution is 2.24. The van der Waals surface area contributed by atoms with Crippen LogP contribution in [-0.2, 0) is 27.8 Å². The molecule has 138 valence electrons. The van der Waals surface area contributed by atoms with Crippen molar-refractivity contribution in [2.75, 3.05) is 33.6 Å². The van der Waals surface area contributed by atoms with Crippen LogP contribution in [0.25, 0.3) is 0 Å². The summed E-state index contributed by atoms with van der Waals surface area (Å²) in [4.78, 5) is 2.49. The van der Waals surface area contributed by atoms with Crippen molar-refractivity contribution in [2.24, 2.45) is 0 Å². The number of hydrogen-bond acceptors (Lipinski definition) is 5. The molecule has 0 spiro atoms. The molecular weight excluding hydrogens is 328 g/mol. The summed E-state index contributed by atoms with van der Waals surface area (Å²) in [7, 11) is 0.121. The summed E-state index contributed by atoms with van der Waals surface area (Å²) in [6.07, 6.45) is 7.18. The Morgan fingerprint density at radius 1 is 1.33 bits per heavy atom. The fourth-order valence-corrected chi connectivity index (χ4v) is 3.55. The third kappa shape index (κ3) is 5.88. The van der Waals surface area contributed by atoms with Crippen molar-refractivity contribution in [2.45, 2.75) is 51.2 Å². The zero-order valence-corrected chi connectivity index (χ0v) is 15.8. The number of likely N-dealkylation sites (tertiary alicyclic amines) is 1. The Morgan fingerprint density at radius 2 is 2.08 bits per heavy atom. The summed E-state index contributed by atoms with van der Waals surface area (Å²) in [6, 6.07) is 4.42. The van der Waals surface area contributed by atoms with E-state index in [0.717, 1.165) is 38.3 Å². The zero-order chi connectivity index (χ0) is 17.6. The van der Waals surface area contributed by atoms with E-state index in [1.54, 1.807) is 14.2 Å².